The number of hydrogen-bond donors (Lipinski definition) is 1. The molecule has 1 atom stereocenters. The topological polar surface area (TPSA) is 47.3 Å². The van der Waals surface area contributed by atoms with Gasteiger partial charge in [-0.3, -0.25) is 0 Å². The van der Waals surface area contributed by atoms with Gasteiger partial charge in [-0.25, -0.2) is 4.98 Å². The Morgan fingerprint density at radius 3 is 2.71 bits per heavy atom. The molecule has 1 N–H and O–H groups in total. The number of rotatable bonds is 5. The van der Waals surface area contributed by atoms with Crippen molar-refractivity contribution in [1.29, 1.82) is 0 Å². The smallest absolute Gasteiger partial charge is 0.416 e. The van der Waals surface area contributed by atoms with E-state index in [0.29, 0.717) is 23.8 Å². The Morgan fingerprint density at radius 2 is 2.04 bits per heavy atom. The molecule has 1 aliphatic heterocycles. The van der Waals surface area contributed by atoms with Crippen LogP contribution in [0.1, 0.15) is 29.1 Å². The molecule has 0 aliphatic carbocycles. The number of nitrogens with zero attached hydrogens (tertiary/aromatic N) is 1. The lowest BCUT2D eigenvalue weighted by atomic mass is 10.1. The number of ether oxygens (including phenoxy) is 1. The summed E-state index contributed by atoms with van der Waals surface area (Å²) in [6.07, 6.45) is 1.65. The predicted molar refractivity (Wildman–Crippen MR) is 82.9 cm³/mol. The first-order valence-electron chi connectivity index (χ1n) is 7.63. The summed E-state index contributed by atoms with van der Waals surface area (Å²) in [7, 11) is 0. The van der Waals surface area contributed by atoms with Gasteiger partial charge in [0.25, 0.3) is 0 Å². The summed E-state index contributed by atoms with van der Waals surface area (Å²) in [5.41, 5.74) is 0.654. The number of aromatic nitrogens is 1. The van der Waals surface area contributed by atoms with Crippen LogP contribution >= 0.6 is 0 Å². The summed E-state index contributed by atoms with van der Waals surface area (Å²) in [6, 6.07) is 4.90. The molecule has 1 aliphatic rings. The maximum atomic E-state index is 12.5. The third-order valence-electron chi connectivity index (χ3n) is 3.71. The van der Waals surface area contributed by atoms with Gasteiger partial charge in [-0.2, -0.15) is 13.2 Å². The fourth-order valence-corrected chi connectivity index (χ4v) is 2.39. The largest absolute Gasteiger partial charge is 0.445 e. The van der Waals surface area contributed by atoms with Crippen molar-refractivity contribution in [2.75, 3.05) is 13.1 Å². The number of halogens is 3. The molecular formula is C17H17F3N2O2. The Bertz CT molecular complexity index is 687. The minimum atomic E-state index is -4.32. The first kappa shape index (κ1) is 16.7. The number of oxazole rings is 1. The van der Waals surface area contributed by atoms with Crippen molar-refractivity contribution in [2.45, 2.75) is 25.3 Å². The summed E-state index contributed by atoms with van der Waals surface area (Å²) in [4.78, 5) is 4.26. The normalized spacial score (nSPS) is 18.5. The maximum Gasteiger partial charge on any atom is 0.416 e. The quantitative estimate of drug-likeness (QED) is 0.902. The highest BCUT2D eigenvalue weighted by molar-refractivity contribution is 5.66. The van der Waals surface area contributed by atoms with Crippen LogP contribution in [0, 0.1) is 0 Å². The van der Waals surface area contributed by atoms with Crippen LogP contribution in [0.25, 0.3) is 12.2 Å². The van der Waals surface area contributed by atoms with Crippen LogP contribution in [0.2, 0.25) is 0 Å². The van der Waals surface area contributed by atoms with Gasteiger partial charge in [0.2, 0.25) is 5.89 Å². The van der Waals surface area contributed by atoms with E-state index in [9.17, 15) is 13.2 Å². The summed E-state index contributed by atoms with van der Waals surface area (Å²) >= 11 is 0. The van der Waals surface area contributed by atoms with Gasteiger partial charge in [-0.05, 0) is 36.7 Å². The van der Waals surface area contributed by atoms with E-state index in [0.717, 1.165) is 31.6 Å². The molecule has 2 heterocycles. The van der Waals surface area contributed by atoms with Gasteiger partial charge in [-0.1, -0.05) is 12.1 Å². The molecule has 1 unspecified atom stereocenters. The van der Waals surface area contributed by atoms with E-state index in [4.69, 9.17) is 9.15 Å². The average Bonchev–Trinajstić information content (AvgIpc) is 3.22. The van der Waals surface area contributed by atoms with Crippen LogP contribution in [0.3, 0.4) is 0 Å². The third kappa shape index (κ3) is 4.46. The number of nitrogens with one attached hydrogen (secondary N) is 1. The molecule has 7 heteroatoms. The SMILES string of the molecule is FC(F)(F)c1ccc(/C=C/c2nc(COC3CCNC3)co2)cc1. The minimum absolute atomic E-state index is 0.202. The van der Waals surface area contributed by atoms with Gasteiger partial charge in [0.15, 0.2) is 0 Å². The standard InChI is InChI=1S/C17H17F3N2O2/c18-17(19,20)13-4-1-12(2-5-13)3-6-16-22-14(11-24-16)10-23-15-7-8-21-9-15/h1-6,11,15,21H,7-10H2/b6-3+. The van der Waals surface area contributed by atoms with Crippen LogP contribution in [-0.4, -0.2) is 24.2 Å². The van der Waals surface area contributed by atoms with Gasteiger partial charge in [-0.15, -0.1) is 0 Å². The van der Waals surface area contributed by atoms with Crippen molar-refractivity contribution >= 4 is 12.2 Å². The Kier molecular flexibility index (Phi) is 5.01. The highest BCUT2D eigenvalue weighted by Crippen LogP contribution is 2.29. The van der Waals surface area contributed by atoms with Gasteiger partial charge in [0, 0.05) is 12.6 Å². The first-order valence-corrected chi connectivity index (χ1v) is 7.63. The van der Waals surface area contributed by atoms with E-state index in [1.165, 1.54) is 18.4 Å². The Balaban J connectivity index is 1.56. The molecule has 4 nitrogen and oxygen atoms in total. The molecule has 3 rings (SSSR count). The Morgan fingerprint density at radius 1 is 1.25 bits per heavy atom. The molecule has 128 valence electrons. The van der Waals surface area contributed by atoms with Crippen LogP contribution in [0.5, 0.6) is 0 Å². The Labute approximate surface area is 137 Å². The van der Waals surface area contributed by atoms with Crippen LogP contribution in [0.4, 0.5) is 13.2 Å². The molecule has 1 fully saturated rings. The molecule has 1 aromatic heterocycles. The average molecular weight is 338 g/mol. The highest BCUT2D eigenvalue weighted by Gasteiger charge is 2.29. The van der Waals surface area contributed by atoms with Crippen molar-refractivity contribution in [3.8, 4) is 0 Å². The first-order chi connectivity index (χ1) is 11.5. The maximum absolute atomic E-state index is 12.5. The van der Waals surface area contributed by atoms with E-state index in [-0.39, 0.29) is 6.10 Å². The zero-order valence-electron chi connectivity index (χ0n) is 12.8. The van der Waals surface area contributed by atoms with Crippen LogP contribution < -0.4 is 5.32 Å². The van der Waals surface area contributed by atoms with Crippen LogP contribution in [0.15, 0.2) is 34.9 Å². The zero-order chi connectivity index (χ0) is 17.0. The minimum Gasteiger partial charge on any atom is -0.445 e. The molecule has 0 spiro atoms. The van der Waals surface area contributed by atoms with Crippen molar-refractivity contribution < 1.29 is 22.3 Å². The molecule has 2 aromatic rings. The second kappa shape index (κ2) is 7.19. The zero-order valence-corrected chi connectivity index (χ0v) is 12.8. The number of alkyl halides is 3. The van der Waals surface area contributed by atoms with E-state index in [1.807, 2.05) is 0 Å². The summed E-state index contributed by atoms with van der Waals surface area (Å²) in [5, 5.41) is 3.22. The third-order valence-corrected chi connectivity index (χ3v) is 3.71. The van der Waals surface area contributed by atoms with Gasteiger partial charge in [0.1, 0.15) is 12.0 Å². The van der Waals surface area contributed by atoms with E-state index in [2.05, 4.69) is 10.3 Å². The molecule has 1 saturated heterocycles. The molecule has 0 amide bonds. The fourth-order valence-electron chi connectivity index (χ4n) is 2.39. The number of benzene rings is 1. The monoisotopic (exact) mass is 338 g/mol. The summed E-state index contributed by atoms with van der Waals surface area (Å²) < 4.78 is 48.5. The molecule has 0 saturated carbocycles. The lowest BCUT2D eigenvalue weighted by Gasteiger charge is -2.07. The highest BCUT2D eigenvalue weighted by atomic mass is 19.4. The van der Waals surface area contributed by atoms with Crippen molar-refractivity contribution in [3.05, 3.63) is 53.2 Å². The van der Waals surface area contributed by atoms with E-state index < -0.39 is 11.7 Å². The van der Waals surface area contributed by atoms with Crippen molar-refractivity contribution in [3.63, 3.8) is 0 Å². The number of hydrogen-bond acceptors (Lipinski definition) is 4. The van der Waals surface area contributed by atoms with Crippen molar-refractivity contribution in [2.24, 2.45) is 0 Å². The lowest BCUT2D eigenvalue weighted by molar-refractivity contribution is -0.137. The Hall–Kier alpha value is -2.12. The molecule has 1 aromatic carbocycles. The van der Waals surface area contributed by atoms with E-state index >= 15 is 0 Å². The van der Waals surface area contributed by atoms with Crippen LogP contribution in [-0.2, 0) is 17.5 Å². The summed E-state index contributed by atoms with van der Waals surface area (Å²) in [6.45, 7) is 2.19. The van der Waals surface area contributed by atoms with Gasteiger partial charge >= 0.3 is 6.18 Å². The fraction of sp³-hybridized carbons (Fsp3) is 0.353. The second-order valence-corrected chi connectivity index (χ2v) is 5.56. The van der Waals surface area contributed by atoms with Crippen molar-refractivity contribution in [1.82, 2.24) is 10.3 Å². The summed E-state index contributed by atoms with van der Waals surface area (Å²) in [5.74, 6) is 0.387. The molecule has 24 heavy (non-hydrogen) atoms. The predicted octanol–water partition coefficient (Wildman–Crippen LogP) is 3.74. The van der Waals surface area contributed by atoms with Gasteiger partial charge in [0.05, 0.1) is 18.3 Å². The second-order valence-electron chi connectivity index (χ2n) is 5.56. The van der Waals surface area contributed by atoms with Gasteiger partial charge < -0.3 is 14.5 Å². The molecule has 0 bridgehead atoms. The lowest BCUT2D eigenvalue weighted by Crippen LogP contribution is -2.16. The van der Waals surface area contributed by atoms with E-state index in [1.54, 1.807) is 12.2 Å². The molecular weight excluding hydrogens is 321 g/mol. The molecule has 0 radical (unpaired) electrons.